The second kappa shape index (κ2) is 9.57. The molecule has 166 valence electrons. The van der Waals surface area contributed by atoms with Crippen LogP contribution in [0.25, 0.3) is 11.3 Å². The second-order valence-electron chi connectivity index (χ2n) is 7.57. The highest BCUT2D eigenvalue weighted by Gasteiger charge is 2.18. The fourth-order valence-electron chi connectivity index (χ4n) is 3.11. The third kappa shape index (κ3) is 5.28. The molecule has 0 saturated carbocycles. The smallest absolute Gasteiger partial charge is 0.257 e. The highest BCUT2D eigenvalue weighted by molar-refractivity contribution is 5.94. The molecule has 1 amide bonds. The molecule has 3 aromatic rings. The summed E-state index contributed by atoms with van der Waals surface area (Å²) in [6.07, 6.45) is 0.242. The van der Waals surface area contributed by atoms with Crippen molar-refractivity contribution in [3.63, 3.8) is 0 Å². The summed E-state index contributed by atoms with van der Waals surface area (Å²) in [6.45, 7) is 5.53. The van der Waals surface area contributed by atoms with Crippen molar-refractivity contribution in [3.05, 3.63) is 83.2 Å². The van der Waals surface area contributed by atoms with Crippen LogP contribution >= 0.6 is 0 Å². The zero-order valence-corrected chi connectivity index (χ0v) is 18.4. The van der Waals surface area contributed by atoms with E-state index in [1.165, 1.54) is 24.3 Å². The van der Waals surface area contributed by atoms with Gasteiger partial charge in [0, 0.05) is 36.3 Å². The summed E-state index contributed by atoms with van der Waals surface area (Å²) in [4.78, 5) is 21.1. The number of rotatable bonds is 4. The Morgan fingerprint density at radius 2 is 1.91 bits per heavy atom. The molecule has 0 aliphatic carbocycles. The maximum Gasteiger partial charge on any atom is 0.257 e. The van der Waals surface area contributed by atoms with Gasteiger partial charge in [-0.25, -0.2) is 14.4 Å². The lowest BCUT2D eigenvalue weighted by molar-refractivity contribution is -0.124. The molecule has 0 saturated heterocycles. The number of nitrogens with two attached hydrogens (primary N) is 1. The van der Waals surface area contributed by atoms with Gasteiger partial charge >= 0.3 is 0 Å². The van der Waals surface area contributed by atoms with E-state index in [2.05, 4.69) is 15.3 Å². The van der Waals surface area contributed by atoms with Crippen LogP contribution in [0.3, 0.4) is 0 Å². The highest BCUT2D eigenvalue weighted by Crippen LogP contribution is 2.25. The van der Waals surface area contributed by atoms with E-state index in [4.69, 9.17) is 5.73 Å². The number of benzene rings is 2. The van der Waals surface area contributed by atoms with Crippen molar-refractivity contribution < 1.29 is 14.3 Å². The monoisotopic (exact) mass is 435 g/mol. The Balaban J connectivity index is 1.93. The molecule has 0 aliphatic heterocycles. The van der Waals surface area contributed by atoms with Crippen LogP contribution in [0, 0.1) is 26.6 Å². The van der Waals surface area contributed by atoms with E-state index in [1.807, 2.05) is 31.5 Å². The van der Waals surface area contributed by atoms with Crippen molar-refractivity contribution in [2.24, 2.45) is 7.05 Å². The zero-order chi connectivity index (χ0) is 23.4. The molecule has 2 aromatic carbocycles. The lowest BCUT2D eigenvalue weighted by Crippen LogP contribution is -2.21. The number of aliphatic hydroxyl groups is 1. The molecular formula is C24H26FN5O2. The van der Waals surface area contributed by atoms with Crippen LogP contribution in [0.4, 0.5) is 15.9 Å². The van der Waals surface area contributed by atoms with Crippen molar-refractivity contribution in [1.29, 1.82) is 0 Å². The Kier molecular flexibility index (Phi) is 6.85. The second-order valence-corrected chi connectivity index (χ2v) is 7.57. The van der Waals surface area contributed by atoms with E-state index in [-0.39, 0.29) is 17.1 Å². The van der Waals surface area contributed by atoms with E-state index in [0.717, 1.165) is 11.3 Å². The minimum atomic E-state index is -1.37. The maximum atomic E-state index is 15.0. The normalized spacial score (nSPS) is 11.6. The number of anilines is 2. The average Bonchev–Trinajstić information content (AvgIpc) is 2.79. The fourth-order valence-corrected chi connectivity index (χ4v) is 3.11. The van der Waals surface area contributed by atoms with Gasteiger partial charge in [0.25, 0.3) is 5.91 Å². The van der Waals surface area contributed by atoms with Crippen LogP contribution in [0.1, 0.15) is 28.7 Å². The topological polar surface area (TPSA) is 106 Å². The van der Waals surface area contributed by atoms with E-state index in [0.29, 0.717) is 17.1 Å². The lowest BCUT2D eigenvalue weighted by atomic mass is 10.1. The summed E-state index contributed by atoms with van der Waals surface area (Å²) in [6, 6.07) is 12.7. The van der Waals surface area contributed by atoms with Crippen molar-refractivity contribution in [2.75, 3.05) is 11.1 Å². The van der Waals surface area contributed by atoms with Crippen LogP contribution < -0.4 is 11.1 Å². The predicted octanol–water partition coefficient (Wildman–Crippen LogP) is 3.93. The van der Waals surface area contributed by atoms with Crippen LogP contribution in [0.2, 0.25) is 0 Å². The van der Waals surface area contributed by atoms with E-state index in [1.54, 1.807) is 31.3 Å². The lowest BCUT2D eigenvalue weighted by Gasteiger charge is -2.13. The van der Waals surface area contributed by atoms with E-state index < -0.39 is 17.8 Å². The van der Waals surface area contributed by atoms with Crippen LogP contribution in [-0.4, -0.2) is 25.5 Å². The van der Waals surface area contributed by atoms with Gasteiger partial charge in [-0.1, -0.05) is 29.8 Å². The first-order valence-corrected chi connectivity index (χ1v) is 10.0. The molecule has 0 spiro atoms. The number of aryl methyl sites for hydroxylation is 3. The number of carbonyl (C=O) groups excluding carboxylic acids is 1. The highest BCUT2D eigenvalue weighted by atomic mass is 19.1. The molecule has 1 aromatic heterocycles. The third-order valence-corrected chi connectivity index (χ3v) is 5.10. The number of nitrogens with zero attached hydrogens (tertiary/aromatic N) is 3. The number of halogens is 1. The Morgan fingerprint density at radius 3 is 2.59 bits per heavy atom. The summed E-state index contributed by atoms with van der Waals surface area (Å²) in [7, 11) is 1.83. The number of hydrogen-bond acceptors (Lipinski definition) is 5. The molecule has 0 fully saturated rings. The van der Waals surface area contributed by atoms with E-state index in [9.17, 15) is 14.3 Å². The van der Waals surface area contributed by atoms with Gasteiger partial charge in [-0.15, -0.1) is 0 Å². The third-order valence-electron chi connectivity index (χ3n) is 5.10. The van der Waals surface area contributed by atoms with E-state index >= 15 is 0 Å². The Hall–Kier alpha value is -3.78. The molecular weight excluding hydrogens is 409 g/mol. The molecule has 32 heavy (non-hydrogen) atoms. The first-order chi connectivity index (χ1) is 15.2. The summed E-state index contributed by atoms with van der Waals surface area (Å²) in [5.41, 5.74) is 8.86. The molecule has 0 radical (unpaired) electrons. The number of hydrogen-bond donors (Lipinski definition) is 3. The minimum absolute atomic E-state index is 0.184. The number of amides is 1. The summed E-state index contributed by atoms with van der Waals surface area (Å²) >= 11 is 0. The van der Waals surface area contributed by atoms with Crippen molar-refractivity contribution in [3.8, 4) is 11.3 Å². The Morgan fingerprint density at radius 1 is 1.16 bits per heavy atom. The zero-order valence-electron chi connectivity index (χ0n) is 18.4. The van der Waals surface area contributed by atoms with Gasteiger partial charge in [-0.05, 0) is 44.5 Å². The average molecular weight is 436 g/mol. The molecule has 7 nitrogen and oxygen atoms in total. The van der Waals surface area contributed by atoms with Crippen molar-refractivity contribution in [1.82, 2.24) is 14.5 Å². The molecule has 0 bridgehead atoms. The molecule has 1 atom stereocenters. The fraction of sp³-hybridized carbons (Fsp3) is 0.208. The van der Waals surface area contributed by atoms with Gasteiger partial charge < -0.3 is 20.7 Å². The summed E-state index contributed by atoms with van der Waals surface area (Å²) < 4.78 is 16.8. The molecule has 8 heteroatoms. The van der Waals surface area contributed by atoms with Gasteiger partial charge in [-0.2, -0.15) is 0 Å². The number of aliphatic hydroxyl groups excluding tert-OH is 1. The maximum absolute atomic E-state index is 15.0. The molecule has 1 unspecified atom stereocenters. The van der Waals surface area contributed by atoms with Crippen LogP contribution in [0.5, 0.6) is 0 Å². The number of nitrogen functional groups attached to an aromatic ring is 1. The molecule has 4 N–H and O–H groups in total. The largest absolute Gasteiger partial charge is 0.384 e. The van der Waals surface area contributed by atoms with Gasteiger partial charge in [0.05, 0.1) is 5.69 Å². The number of carbonyl (C=O) groups is 1. The van der Waals surface area contributed by atoms with Gasteiger partial charge in [-0.3, -0.25) is 4.79 Å². The van der Waals surface area contributed by atoms with Gasteiger partial charge in [0.1, 0.15) is 17.5 Å². The molecule has 0 aliphatic rings. The van der Waals surface area contributed by atoms with Crippen molar-refractivity contribution in [2.45, 2.75) is 26.9 Å². The first kappa shape index (κ1) is 22.9. The van der Waals surface area contributed by atoms with Gasteiger partial charge in [0.15, 0.2) is 6.10 Å². The Labute approximate surface area is 186 Å². The predicted molar refractivity (Wildman–Crippen MR) is 123 cm³/mol. The Bertz CT molecular complexity index is 1220. The quantitative estimate of drug-likeness (QED) is 0.576. The van der Waals surface area contributed by atoms with Gasteiger partial charge in [0.2, 0.25) is 0 Å². The summed E-state index contributed by atoms with van der Waals surface area (Å²) in [5.74, 6) is -0.440. The summed E-state index contributed by atoms with van der Waals surface area (Å²) in [5, 5.41) is 12.9. The number of aromatic nitrogens is 3. The minimum Gasteiger partial charge on any atom is -0.384 e. The first-order valence-electron chi connectivity index (χ1n) is 10.0. The van der Waals surface area contributed by atoms with Crippen LogP contribution in [-0.2, 0) is 11.8 Å². The SMILES string of the molecule is Cc1cccc(C(O)C(=O)Nc2ccc(-c3cc(N)ncc(C)n(C)c(C)n3)c(F)c2)c1. The molecule has 3 rings (SSSR count). The van der Waals surface area contributed by atoms with Crippen molar-refractivity contribution >= 4 is 17.4 Å². The molecule has 1 heterocycles. The van der Waals surface area contributed by atoms with Crippen LogP contribution in [0.15, 0.2) is 54.7 Å². The number of nitrogens with one attached hydrogen (secondary N) is 1. The standard InChI is InChI=1S/C24H26FN5O2/c1-14-6-5-7-17(10-14)23(31)24(32)29-18-8-9-19(20(25)11-18)21-12-22(26)27-13-15(2)30(4)16(3)28-21/h5-13,23,31H,1-4H3,(H2,26,27)(H,29,32).